The third-order valence-electron chi connectivity index (χ3n) is 3.37. The Balaban J connectivity index is 1.84. The summed E-state index contributed by atoms with van der Waals surface area (Å²) in [5.74, 6) is 0.120. The molecule has 1 saturated heterocycles. The molecule has 1 fully saturated rings. The van der Waals surface area contributed by atoms with Crippen molar-refractivity contribution in [2.24, 2.45) is 0 Å². The summed E-state index contributed by atoms with van der Waals surface area (Å²) in [6, 6.07) is 7.02. The predicted octanol–water partition coefficient (Wildman–Crippen LogP) is 0.729. The van der Waals surface area contributed by atoms with E-state index >= 15 is 0 Å². The summed E-state index contributed by atoms with van der Waals surface area (Å²) in [7, 11) is 1.71. The molecule has 0 aromatic heterocycles. The minimum absolute atomic E-state index is 0.0717. The number of hydrogen-bond donors (Lipinski definition) is 2. The van der Waals surface area contributed by atoms with Gasteiger partial charge in [0.15, 0.2) is 0 Å². The minimum Gasteiger partial charge on any atom is -0.508 e. The number of benzene rings is 1. The van der Waals surface area contributed by atoms with Gasteiger partial charge in [-0.2, -0.15) is 0 Å². The second-order valence-corrected chi connectivity index (χ2v) is 5.22. The molecular weight excluding hydrogens is 244 g/mol. The summed E-state index contributed by atoms with van der Waals surface area (Å²) in [5.41, 5.74) is 0.514. The summed E-state index contributed by atoms with van der Waals surface area (Å²) in [5, 5.41) is 12.8. The molecule has 0 spiro atoms. The summed E-state index contributed by atoms with van der Waals surface area (Å²) < 4.78 is 5.60. The molecule has 0 bridgehead atoms. The average molecular weight is 264 g/mol. The van der Waals surface area contributed by atoms with Gasteiger partial charge in [0, 0.05) is 32.2 Å². The number of aromatic hydroxyl groups is 1. The first-order chi connectivity index (χ1) is 9.00. The summed E-state index contributed by atoms with van der Waals surface area (Å²) in [6.45, 7) is 4.00. The molecule has 5 heteroatoms. The molecule has 1 aromatic carbocycles. The number of phenols is 1. The van der Waals surface area contributed by atoms with Gasteiger partial charge < -0.3 is 20.1 Å². The number of ether oxygens (including phenoxy) is 1. The number of carbonyl (C=O) groups excluding carboxylic acids is 1. The standard InChI is InChI=1S/C14H20N2O3/c1-14(9-15-10-14)19-8-13(18)16(2)7-11-5-3-4-6-12(11)17/h3-6,15,17H,7-10H2,1-2H3. The lowest BCUT2D eigenvalue weighted by Crippen LogP contribution is -2.59. The van der Waals surface area contributed by atoms with E-state index in [-0.39, 0.29) is 23.9 Å². The number of phenolic OH excluding ortho intramolecular Hbond substituents is 1. The van der Waals surface area contributed by atoms with Crippen molar-refractivity contribution in [3.8, 4) is 5.75 Å². The van der Waals surface area contributed by atoms with E-state index in [4.69, 9.17) is 4.74 Å². The van der Waals surface area contributed by atoms with Gasteiger partial charge in [0.1, 0.15) is 12.4 Å². The molecule has 0 unspecified atom stereocenters. The largest absolute Gasteiger partial charge is 0.508 e. The zero-order valence-electron chi connectivity index (χ0n) is 11.3. The number of para-hydroxylation sites is 1. The SMILES string of the molecule is CN(Cc1ccccc1O)C(=O)COC1(C)CNC1. The molecule has 0 radical (unpaired) electrons. The van der Waals surface area contributed by atoms with E-state index in [1.807, 2.05) is 13.0 Å². The second-order valence-electron chi connectivity index (χ2n) is 5.22. The van der Waals surface area contributed by atoms with Crippen LogP contribution in [0.4, 0.5) is 0 Å². The highest BCUT2D eigenvalue weighted by atomic mass is 16.5. The smallest absolute Gasteiger partial charge is 0.248 e. The van der Waals surface area contributed by atoms with Crippen LogP contribution < -0.4 is 5.32 Å². The summed E-state index contributed by atoms with van der Waals surface area (Å²) in [6.07, 6.45) is 0. The monoisotopic (exact) mass is 264 g/mol. The van der Waals surface area contributed by atoms with Gasteiger partial charge in [0.05, 0.1) is 5.60 Å². The van der Waals surface area contributed by atoms with Gasteiger partial charge in [-0.1, -0.05) is 18.2 Å². The first-order valence-electron chi connectivity index (χ1n) is 6.36. The van der Waals surface area contributed by atoms with Crippen LogP contribution in [0.1, 0.15) is 12.5 Å². The highest BCUT2D eigenvalue weighted by Gasteiger charge is 2.33. The quantitative estimate of drug-likeness (QED) is 0.823. The Morgan fingerprint density at radius 2 is 2.16 bits per heavy atom. The fraction of sp³-hybridized carbons (Fsp3) is 0.500. The van der Waals surface area contributed by atoms with E-state index in [9.17, 15) is 9.90 Å². The Labute approximate surface area is 113 Å². The highest BCUT2D eigenvalue weighted by Crippen LogP contribution is 2.18. The lowest BCUT2D eigenvalue weighted by Gasteiger charge is -2.39. The molecule has 0 atom stereocenters. The lowest BCUT2D eigenvalue weighted by atomic mass is 10.0. The van der Waals surface area contributed by atoms with Crippen LogP contribution in [-0.4, -0.2) is 48.3 Å². The Bertz CT molecular complexity index is 458. The van der Waals surface area contributed by atoms with E-state index in [1.165, 1.54) is 0 Å². The van der Waals surface area contributed by atoms with Crippen molar-refractivity contribution in [3.63, 3.8) is 0 Å². The molecule has 2 N–H and O–H groups in total. The van der Waals surface area contributed by atoms with Crippen molar-refractivity contribution < 1.29 is 14.6 Å². The van der Waals surface area contributed by atoms with Crippen LogP contribution in [0, 0.1) is 0 Å². The molecule has 1 aliphatic heterocycles. The molecule has 2 rings (SSSR count). The van der Waals surface area contributed by atoms with Crippen LogP contribution in [0.2, 0.25) is 0 Å². The van der Waals surface area contributed by atoms with Gasteiger partial charge in [0.2, 0.25) is 5.91 Å². The van der Waals surface area contributed by atoms with Crippen LogP contribution in [0.5, 0.6) is 5.75 Å². The van der Waals surface area contributed by atoms with Crippen molar-refractivity contribution in [2.75, 3.05) is 26.7 Å². The van der Waals surface area contributed by atoms with Crippen molar-refractivity contribution in [3.05, 3.63) is 29.8 Å². The molecule has 1 aliphatic rings. The average Bonchev–Trinajstić information content (AvgIpc) is 2.36. The molecule has 0 saturated carbocycles. The topological polar surface area (TPSA) is 61.8 Å². The van der Waals surface area contributed by atoms with Gasteiger partial charge in [-0.05, 0) is 13.0 Å². The van der Waals surface area contributed by atoms with E-state index in [0.717, 1.165) is 18.7 Å². The Morgan fingerprint density at radius 3 is 2.74 bits per heavy atom. The van der Waals surface area contributed by atoms with E-state index in [0.29, 0.717) is 6.54 Å². The molecule has 0 aliphatic carbocycles. The first kappa shape index (κ1) is 13.8. The van der Waals surface area contributed by atoms with Crippen LogP contribution in [-0.2, 0) is 16.1 Å². The van der Waals surface area contributed by atoms with Crippen molar-refractivity contribution in [1.82, 2.24) is 10.2 Å². The fourth-order valence-electron chi connectivity index (χ4n) is 1.91. The number of likely N-dealkylation sites (N-methyl/N-ethyl adjacent to an activating group) is 1. The summed E-state index contributed by atoms with van der Waals surface area (Å²) >= 11 is 0. The van der Waals surface area contributed by atoms with Crippen molar-refractivity contribution >= 4 is 5.91 Å². The Kier molecular flexibility index (Phi) is 4.07. The van der Waals surface area contributed by atoms with Gasteiger partial charge in [0.25, 0.3) is 0 Å². The van der Waals surface area contributed by atoms with Crippen LogP contribution in [0.3, 0.4) is 0 Å². The number of nitrogens with zero attached hydrogens (tertiary/aromatic N) is 1. The van der Waals surface area contributed by atoms with E-state index in [1.54, 1.807) is 30.1 Å². The second kappa shape index (κ2) is 5.59. The third-order valence-corrected chi connectivity index (χ3v) is 3.37. The molecule has 5 nitrogen and oxygen atoms in total. The lowest BCUT2D eigenvalue weighted by molar-refractivity contribution is -0.145. The number of nitrogens with one attached hydrogen (secondary N) is 1. The van der Waals surface area contributed by atoms with Gasteiger partial charge in [-0.25, -0.2) is 0 Å². The molecule has 1 aromatic rings. The number of rotatable bonds is 5. The molecule has 104 valence electrons. The maximum absolute atomic E-state index is 11.9. The molecular formula is C14H20N2O3. The van der Waals surface area contributed by atoms with E-state index in [2.05, 4.69) is 5.32 Å². The molecule has 1 amide bonds. The maximum Gasteiger partial charge on any atom is 0.248 e. The van der Waals surface area contributed by atoms with Crippen LogP contribution in [0.15, 0.2) is 24.3 Å². The van der Waals surface area contributed by atoms with Crippen molar-refractivity contribution in [1.29, 1.82) is 0 Å². The zero-order valence-corrected chi connectivity index (χ0v) is 11.3. The predicted molar refractivity (Wildman–Crippen MR) is 71.8 cm³/mol. The van der Waals surface area contributed by atoms with E-state index < -0.39 is 0 Å². The van der Waals surface area contributed by atoms with Crippen LogP contribution >= 0.6 is 0 Å². The number of amides is 1. The van der Waals surface area contributed by atoms with Gasteiger partial charge in [-0.3, -0.25) is 4.79 Å². The fourth-order valence-corrected chi connectivity index (χ4v) is 1.91. The number of hydrogen-bond acceptors (Lipinski definition) is 4. The minimum atomic E-state index is -0.217. The van der Waals surface area contributed by atoms with Crippen molar-refractivity contribution in [2.45, 2.75) is 19.1 Å². The summed E-state index contributed by atoms with van der Waals surface area (Å²) in [4.78, 5) is 13.5. The first-order valence-corrected chi connectivity index (χ1v) is 6.36. The molecule has 1 heterocycles. The highest BCUT2D eigenvalue weighted by molar-refractivity contribution is 5.77. The zero-order chi connectivity index (χ0) is 13.9. The number of carbonyl (C=O) groups is 1. The Hall–Kier alpha value is -1.59. The van der Waals surface area contributed by atoms with Crippen LogP contribution in [0.25, 0.3) is 0 Å². The molecule has 19 heavy (non-hydrogen) atoms. The maximum atomic E-state index is 11.9. The normalized spacial score (nSPS) is 16.7. The Morgan fingerprint density at radius 1 is 1.47 bits per heavy atom. The third kappa shape index (κ3) is 3.45. The van der Waals surface area contributed by atoms with Gasteiger partial charge in [-0.15, -0.1) is 0 Å². The van der Waals surface area contributed by atoms with Gasteiger partial charge >= 0.3 is 0 Å².